The first-order valence-electron chi connectivity index (χ1n) is 6.80. The number of anilines is 1. The third-order valence-electron chi connectivity index (χ3n) is 3.60. The van der Waals surface area contributed by atoms with E-state index < -0.39 is 5.97 Å². The van der Waals surface area contributed by atoms with Crippen LogP contribution in [0.4, 0.5) is 5.95 Å². The number of hydrogen-bond acceptors (Lipinski definition) is 7. The number of carbonyl (C=O) groups excluding carboxylic acids is 1. The van der Waals surface area contributed by atoms with Crippen LogP contribution in [0.15, 0.2) is 24.7 Å². The van der Waals surface area contributed by atoms with E-state index in [4.69, 9.17) is 0 Å². The Balaban J connectivity index is 1.68. The zero-order chi connectivity index (χ0) is 14.7. The van der Waals surface area contributed by atoms with Gasteiger partial charge >= 0.3 is 5.97 Å². The Bertz CT molecular complexity index is 607. The van der Waals surface area contributed by atoms with Gasteiger partial charge in [-0.3, -0.25) is 0 Å². The van der Waals surface area contributed by atoms with Gasteiger partial charge in [0.15, 0.2) is 5.69 Å². The molecule has 2 aromatic rings. The monoisotopic (exact) mass is 288 g/mol. The number of aromatic nitrogens is 5. The van der Waals surface area contributed by atoms with Gasteiger partial charge < -0.3 is 9.64 Å². The lowest BCUT2D eigenvalue weighted by Gasteiger charge is -2.31. The van der Waals surface area contributed by atoms with Crippen molar-refractivity contribution in [3.05, 3.63) is 30.4 Å². The number of carbonyl (C=O) groups is 1. The van der Waals surface area contributed by atoms with Crippen LogP contribution in [0.3, 0.4) is 0 Å². The van der Waals surface area contributed by atoms with Gasteiger partial charge in [0.1, 0.15) is 0 Å². The van der Waals surface area contributed by atoms with E-state index in [1.54, 1.807) is 18.5 Å². The number of piperidine rings is 1. The van der Waals surface area contributed by atoms with E-state index in [1.165, 1.54) is 7.11 Å². The van der Waals surface area contributed by atoms with Gasteiger partial charge in [0, 0.05) is 25.5 Å². The van der Waals surface area contributed by atoms with Crippen LogP contribution in [0.5, 0.6) is 0 Å². The second-order valence-corrected chi connectivity index (χ2v) is 4.83. The Morgan fingerprint density at radius 1 is 1.33 bits per heavy atom. The third-order valence-corrected chi connectivity index (χ3v) is 3.60. The highest BCUT2D eigenvalue weighted by Gasteiger charge is 2.23. The van der Waals surface area contributed by atoms with Crippen molar-refractivity contribution in [2.75, 3.05) is 25.1 Å². The highest BCUT2D eigenvalue weighted by atomic mass is 16.5. The fraction of sp³-hybridized carbons (Fsp3) is 0.462. The highest BCUT2D eigenvalue weighted by Crippen LogP contribution is 2.23. The highest BCUT2D eigenvalue weighted by molar-refractivity contribution is 5.87. The van der Waals surface area contributed by atoms with Crippen molar-refractivity contribution < 1.29 is 9.53 Å². The summed E-state index contributed by atoms with van der Waals surface area (Å²) in [6, 6.07) is 1.91. The zero-order valence-corrected chi connectivity index (χ0v) is 11.7. The molecule has 0 unspecified atom stereocenters. The topological polar surface area (TPSA) is 86.0 Å². The van der Waals surface area contributed by atoms with Crippen LogP contribution in [0.1, 0.15) is 29.4 Å². The molecule has 3 rings (SSSR count). The quantitative estimate of drug-likeness (QED) is 0.768. The fourth-order valence-corrected chi connectivity index (χ4v) is 2.46. The SMILES string of the molecule is COC(=O)c1ccnc(N2CCC(n3ccnn3)CC2)n1. The minimum absolute atomic E-state index is 0.279. The first-order valence-corrected chi connectivity index (χ1v) is 6.80. The predicted molar refractivity (Wildman–Crippen MR) is 73.9 cm³/mol. The number of esters is 1. The maximum Gasteiger partial charge on any atom is 0.356 e. The molecule has 3 heterocycles. The summed E-state index contributed by atoms with van der Waals surface area (Å²) in [7, 11) is 1.34. The van der Waals surface area contributed by atoms with E-state index >= 15 is 0 Å². The van der Waals surface area contributed by atoms with E-state index in [9.17, 15) is 4.79 Å². The van der Waals surface area contributed by atoms with Crippen LogP contribution in [0.25, 0.3) is 0 Å². The summed E-state index contributed by atoms with van der Waals surface area (Å²) in [6.45, 7) is 1.63. The van der Waals surface area contributed by atoms with E-state index in [1.807, 2.05) is 10.9 Å². The van der Waals surface area contributed by atoms with Crippen molar-refractivity contribution >= 4 is 11.9 Å². The van der Waals surface area contributed by atoms with Crippen molar-refractivity contribution in [2.45, 2.75) is 18.9 Å². The summed E-state index contributed by atoms with van der Waals surface area (Å²) in [5.41, 5.74) is 0.279. The van der Waals surface area contributed by atoms with E-state index in [0.717, 1.165) is 25.9 Å². The molecule has 0 saturated carbocycles. The molecular formula is C13H16N6O2. The normalized spacial score (nSPS) is 16.0. The molecule has 0 bridgehead atoms. The van der Waals surface area contributed by atoms with Crippen molar-refractivity contribution in [3.63, 3.8) is 0 Å². The fourth-order valence-electron chi connectivity index (χ4n) is 2.46. The number of rotatable bonds is 3. The van der Waals surface area contributed by atoms with Crippen molar-refractivity contribution in [3.8, 4) is 0 Å². The van der Waals surface area contributed by atoms with Crippen LogP contribution in [0, 0.1) is 0 Å². The molecule has 0 amide bonds. The van der Waals surface area contributed by atoms with Gasteiger partial charge in [-0.05, 0) is 18.9 Å². The molecule has 0 aromatic carbocycles. The minimum atomic E-state index is -0.448. The van der Waals surface area contributed by atoms with Crippen molar-refractivity contribution in [2.24, 2.45) is 0 Å². The number of hydrogen-bond donors (Lipinski definition) is 0. The largest absolute Gasteiger partial charge is 0.464 e. The number of ether oxygens (including phenoxy) is 1. The molecule has 0 aliphatic carbocycles. The van der Waals surface area contributed by atoms with Crippen molar-refractivity contribution in [1.82, 2.24) is 25.0 Å². The zero-order valence-electron chi connectivity index (χ0n) is 11.7. The second-order valence-electron chi connectivity index (χ2n) is 4.83. The first-order chi connectivity index (χ1) is 10.3. The molecule has 21 heavy (non-hydrogen) atoms. The van der Waals surface area contributed by atoms with Gasteiger partial charge in [-0.15, -0.1) is 5.10 Å². The second kappa shape index (κ2) is 5.86. The predicted octanol–water partition coefficient (Wildman–Crippen LogP) is 0.696. The summed E-state index contributed by atoms with van der Waals surface area (Å²) in [5.74, 6) is 0.117. The molecule has 0 spiro atoms. The first kappa shape index (κ1) is 13.5. The Labute approximate surface area is 121 Å². The Morgan fingerprint density at radius 3 is 2.81 bits per heavy atom. The van der Waals surface area contributed by atoms with E-state index in [2.05, 4.69) is 29.9 Å². The van der Waals surface area contributed by atoms with Crippen molar-refractivity contribution in [1.29, 1.82) is 0 Å². The molecule has 1 saturated heterocycles. The average Bonchev–Trinajstić information content (AvgIpc) is 3.09. The average molecular weight is 288 g/mol. The van der Waals surface area contributed by atoms with Crippen LogP contribution in [-0.4, -0.2) is 51.1 Å². The van der Waals surface area contributed by atoms with Gasteiger partial charge in [0.25, 0.3) is 0 Å². The van der Waals surface area contributed by atoms with E-state index in [0.29, 0.717) is 12.0 Å². The number of nitrogens with zero attached hydrogens (tertiary/aromatic N) is 6. The van der Waals surface area contributed by atoms with Gasteiger partial charge in [-0.2, -0.15) is 0 Å². The Kier molecular flexibility index (Phi) is 3.76. The summed E-state index contributed by atoms with van der Waals surface area (Å²) in [6.07, 6.45) is 7.03. The maximum atomic E-state index is 11.5. The molecular weight excluding hydrogens is 272 g/mol. The molecule has 0 N–H and O–H groups in total. The van der Waals surface area contributed by atoms with Crippen LogP contribution in [-0.2, 0) is 4.74 Å². The Hall–Kier alpha value is -2.51. The standard InChI is InChI=1S/C13H16N6O2/c1-21-12(20)11-2-5-14-13(16-11)18-7-3-10(4-8-18)19-9-6-15-17-19/h2,5-6,9-10H,3-4,7-8H2,1H3. The lowest BCUT2D eigenvalue weighted by molar-refractivity contribution is 0.0594. The molecule has 1 aliphatic rings. The van der Waals surface area contributed by atoms with Gasteiger partial charge in [0.05, 0.1) is 19.3 Å². The molecule has 110 valence electrons. The third kappa shape index (κ3) is 2.83. The molecule has 1 fully saturated rings. The molecule has 8 heteroatoms. The van der Waals surface area contributed by atoms with Crippen LogP contribution in [0.2, 0.25) is 0 Å². The Morgan fingerprint density at radius 2 is 2.14 bits per heavy atom. The lowest BCUT2D eigenvalue weighted by Crippen LogP contribution is -2.36. The van der Waals surface area contributed by atoms with E-state index in [-0.39, 0.29) is 5.69 Å². The summed E-state index contributed by atoms with van der Waals surface area (Å²) in [4.78, 5) is 22.1. The maximum absolute atomic E-state index is 11.5. The number of methoxy groups -OCH3 is 1. The summed E-state index contributed by atoms with van der Waals surface area (Å²) >= 11 is 0. The molecule has 1 aliphatic heterocycles. The summed E-state index contributed by atoms with van der Waals surface area (Å²) < 4.78 is 6.57. The van der Waals surface area contributed by atoms with Crippen LogP contribution < -0.4 is 4.90 Å². The molecule has 0 radical (unpaired) electrons. The van der Waals surface area contributed by atoms with Gasteiger partial charge in [-0.1, -0.05) is 5.21 Å². The summed E-state index contributed by atoms with van der Waals surface area (Å²) in [5, 5.41) is 7.88. The minimum Gasteiger partial charge on any atom is -0.464 e. The van der Waals surface area contributed by atoms with Gasteiger partial charge in [-0.25, -0.2) is 19.4 Å². The molecule has 2 aromatic heterocycles. The molecule has 0 atom stereocenters. The van der Waals surface area contributed by atoms with Gasteiger partial charge in [0.2, 0.25) is 5.95 Å². The lowest BCUT2D eigenvalue weighted by atomic mass is 10.1. The smallest absolute Gasteiger partial charge is 0.356 e. The van der Waals surface area contributed by atoms with Crippen LogP contribution >= 0.6 is 0 Å². The molecule has 8 nitrogen and oxygen atoms in total.